The zero-order valence-corrected chi connectivity index (χ0v) is 9.07. The first kappa shape index (κ1) is 12.0. The van der Waals surface area contributed by atoms with Crippen molar-refractivity contribution in [2.24, 2.45) is 21.7 Å². The molecule has 5 nitrogen and oxygen atoms in total. The maximum absolute atomic E-state index is 13.5. The van der Waals surface area contributed by atoms with E-state index in [9.17, 15) is 4.39 Å². The van der Waals surface area contributed by atoms with E-state index in [0.29, 0.717) is 11.5 Å². The minimum Gasteiger partial charge on any atom is -0.496 e. The van der Waals surface area contributed by atoms with Gasteiger partial charge in [0.25, 0.3) is 0 Å². The molecule has 0 fully saturated rings. The quantitative estimate of drug-likeness (QED) is 0.453. The standard InChI is InChI=1S/C10H13FN4O/c1-6(14-15-10(12)13)9-7(11)4-3-5-8(9)16-2/h3-5H,1-2H3,(H4,12,13,15)/b14-6+. The van der Waals surface area contributed by atoms with Crippen molar-refractivity contribution in [2.75, 3.05) is 7.11 Å². The van der Waals surface area contributed by atoms with Crippen LogP contribution in [-0.2, 0) is 0 Å². The molecule has 1 aromatic carbocycles. The summed E-state index contributed by atoms with van der Waals surface area (Å²) >= 11 is 0. The normalized spacial score (nSPS) is 11.1. The molecule has 4 N–H and O–H groups in total. The van der Waals surface area contributed by atoms with Crippen LogP contribution in [0.4, 0.5) is 4.39 Å². The van der Waals surface area contributed by atoms with E-state index in [0.717, 1.165) is 0 Å². The number of hydrogen-bond acceptors (Lipinski definition) is 3. The number of benzene rings is 1. The summed E-state index contributed by atoms with van der Waals surface area (Å²) in [5, 5.41) is 7.15. The van der Waals surface area contributed by atoms with Crippen molar-refractivity contribution >= 4 is 11.7 Å². The van der Waals surface area contributed by atoms with Gasteiger partial charge in [-0.2, -0.15) is 5.10 Å². The Morgan fingerprint density at radius 2 is 2.00 bits per heavy atom. The van der Waals surface area contributed by atoms with Crippen LogP contribution in [0.15, 0.2) is 28.4 Å². The van der Waals surface area contributed by atoms with Crippen LogP contribution in [0.2, 0.25) is 0 Å². The van der Waals surface area contributed by atoms with Crippen molar-refractivity contribution in [1.29, 1.82) is 0 Å². The maximum atomic E-state index is 13.5. The minimum atomic E-state index is -0.439. The second-order valence-electron chi connectivity index (χ2n) is 3.03. The van der Waals surface area contributed by atoms with Crippen molar-refractivity contribution in [3.05, 3.63) is 29.6 Å². The molecule has 0 heterocycles. The molecule has 0 bridgehead atoms. The fourth-order valence-corrected chi connectivity index (χ4v) is 1.21. The van der Waals surface area contributed by atoms with Gasteiger partial charge >= 0.3 is 0 Å². The predicted octanol–water partition coefficient (Wildman–Crippen LogP) is 0.832. The molecule has 86 valence electrons. The van der Waals surface area contributed by atoms with Gasteiger partial charge in [-0.15, -0.1) is 5.10 Å². The van der Waals surface area contributed by atoms with Gasteiger partial charge in [0.2, 0.25) is 5.96 Å². The highest BCUT2D eigenvalue weighted by Gasteiger charge is 2.11. The van der Waals surface area contributed by atoms with E-state index in [-0.39, 0.29) is 11.5 Å². The van der Waals surface area contributed by atoms with Crippen LogP contribution in [0.5, 0.6) is 5.75 Å². The second kappa shape index (κ2) is 5.11. The molecule has 16 heavy (non-hydrogen) atoms. The summed E-state index contributed by atoms with van der Waals surface area (Å²) in [7, 11) is 1.45. The molecule has 1 rings (SSSR count). The van der Waals surface area contributed by atoms with Gasteiger partial charge in [0.05, 0.1) is 18.4 Å². The zero-order valence-electron chi connectivity index (χ0n) is 9.07. The van der Waals surface area contributed by atoms with E-state index in [1.165, 1.54) is 13.2 Å². The summed E-state index contributed by atoms with van der Waals surface area (Å²) in [5.41, 5.74) is 10.8. The first-order valence-corrected chi connectivity index (χ1v) is 4.52. The molecule has 0 aliphatic heterocycles. The number of rotatable bonds is 3. The van der Waals surface area contributed by atoms with Crippen molar-refractivity contribution in [2.45, 2.75) is 6.92 Å². The van der Waals surface area contributed by atoms with Crippen LogP contribution >= 0.6 is 0 Å². The van der Waals surface area contributed by atoms with E-state index < -0.39 is 5.82 Å². The monoisotopic (exact) mass is 224 g/mol. The Kier molecular flexibility index (Phi) is 3.82. The molecular formula is C10H13FN4O. The maximum Gasteiger partial charge on any atom is 0.211 e. The average molecular weight is 224 g/mol. The summed E-state index contributed by atoms with van der Waals surface area (Å²) in [6.45, 7) is 1.59. The SMILES string of the molecule is COc1cccc(F)c1/C(C)=N/N=C(N)N. The molecule has 0 unspecified atom stereocenters. The first-order chi connectivity index (χ1) is 7.56. The molecular weight excluding hydrogens is 211 g/mol. The van der Waals surface area contributed by atoms with E-state index in [4.69, 9.17) is 16.2 Å². The highest BCUT2D eigenvalue weighted by Crippen LogP contribution is 2.21. The third-order valence-electron chi connectivity index (χ3n) is 1.87. The number of nitrogens with zero attached hydrogens (tertiary/aromatic N) is 2. The molecule has 0 atom stereocenters. The summed E-state index contributed by atoms with van der Waals surface area (Å²) < 4.78 is 18.6. The lowest BCUT2D eigenvalue weighted by Crippen LogP contribution is -2.22. The van der Waals surface area contributed by atoms with Crippen LogP contribution in [-0.4, -0.2) is 18.8 Å². The van der Waals surface area contributed by atoms with Gasteiger partial charge in [-0.05, 0) is 19.1 Å². The fraction of sp³-hybridized carbons (Fsp3) is 0.200. The molecule has 0 aromatic heterocycles. The van der Waals surface area contributed by atoms with Gasteiger partial charge in [-0.1, -0.05) is 6.07 Å². The van der Waals surface area contributed by atoms with Crippen LogP contribution in [0.3, 0.4) is 0 Å². The third kappa shape index (κ3) is 2.69. The van der Waals surface area contributed by atoms with Crippen LogP contribution in [0, 0.1) is 5.82 Å². The molecule has 0 amide bonds. The van der Waals surface area contributed by atoms with Gasteiger partial charge < -0.3 is 16.2 Å². The highest BCUT2D eigenvalue weighted by atomic mass is 19.1. The van der Waals surface area contributed by atoms with E-state index >= 15 is 0 Å². The van der Waals surface area contributed by atoms with Crippen LogP contribution in [0.1, 0.15) is 12.5 Å². The summed E-state index contributed by atoms with van der Waals surface area (Å²) in [4.78, 5) is 0. The molecule has 1 aromatic rings. The minimum absolute atomic E-state index is 0.186. The number of guanidine groups is 1. The first-order valence-electron chi connectivity index (χ1n) is 4.52. The highest BCUT2D eigenvalue weighted by molar-refractivity contribution is 6.01. The van der Waals surface area contributed by atoms with E-state index in [2.05, 4.69) is 10.2 Å². The summed E-state index contributed by atoms with van der Waals surface area (Å²) in [6.07, 6.45) is 0. The number of methoxy groups -OCH3 is 1. The van der Waals surface area contributed by atoms with Crippen molar-refractivity contribution < 1.29 is 9.13 Å². The van der Waals surface area contributed by atoms with Gasteiger partial charge in [0, 0.05) is 0 Å². The molecule has 0 spiro atoms. The van der Waals surface area contributed by atoms with E-state index in [1.54, 1.807) is 19.1 Å². The Morgan fingerprint density at radius 3 is 2.56 bits per heavy atom. The largest absolute Gasteiger partial charge is 0.496 e. The molecule has 6 heteroatoms. The Balaban J connectivity index is 3.21. The number of halogens is 1. The Morgan fingerprint density at radius 1 is 1.31 bits per heavy atom. The number of nitrogens with two attached hydrogens (primary N) is 2. The Labute approximate surface area is 92.6 Å². The molecule has 0 aliphatic rings. The Hall–Kier alpha value is -2.11. The van der Waals surface area contributed by atoms with Gasteiger partial charge in [0.1, 0.15) is 11.6 Å². The zero-order chi connectivity index (χ0) is 12.1. The van der Waals surface area contributed by atoms with Gasteiger partial charge in [0.15, 0.2) is 0 Å². The molecule has 0 saturated heterocycles. The Bertz CT molecular complexity index is 438. The van der Waals surface area contributed by atoms with Gasteiger partial charge in [-0.25, -0.2) is 4.39 Å². The fourth-order valence-electron chi connectivity index (χ4n) is 1.21. The predicted molar refractivity (Wildman–Crippen MR) is 61.0 cm³/mol. The molecule has 0 saturated carbocycles. The van der Waals surface area contributed by atoms with Crippen LogP contribution < -0.4 is 16.2 Å². The van der Waals surface area contributed by atoms with Crippen molar-refractivity contribution in [1.82, 2.24) is 0 Å². The number of hydrogen-bond donors (Lipinski definition) is 2. The van der Waals surface area contributed by atoms with E-state index in [1.807, 2.05) is 0 Å². The second-order valence-corrected chi connectivity index (χ2v) is 3.03. The van der Waals surface area contributed by atoms with Crippen molar-refractivity contribution in [3.8, 4) is 5.75 Å². The molecule has 0 radical (unpaired) electrons. The molecule has 0 aliphatic carbocycles. The summed E-state index contributed by atoms with van der Waals surface area (Å²) in [6, 6.07) is 4.49. The van der Waals surface area contributed by atoms with Crippen LogP contribution in [0.25, 0.3) is 0 Å². The number of ether oxygens (including phenoxy) is 1. The van der Waals surface area contributed by atoms with Gasteiger partial charge in [-0.3, -0.25) is 0 Å². The van der Waals surface area contributed by atoms with Crippen molar-refractivity contribution in [3.63, 3.8) is 0 Å². The topological polar surface area (TPSA) is 86.0 Å². The lowest BCUT2D eigenvalue weighted by molar-refractivity contribution is 0.410. The third-order valence-corrected chi connectivity index (χ3v) is 1.87. The lowest BCUT2D eigenvalue weighted by Gasteiger charge is -2.07. The lowest BCUT2D eigenvalue weighted by atomic mass is 10.1. The summed E-state index contributed by atoms with van der Waals surface area (Å²) in [5.74, 6) is -0.243. The smallest absolute Gasteiger partial charge is 0.211 e. The average Bonchev–Trinajstić information content (AvgIpc) is 2.25.